The van der Waals surface area contributed by atoms with Gasteiger partial charge < -0.3 is 24.3 Å². The summed E-state index contributed by atoms with van der Waals surface area (Å²) in [7, 11) is 1.67. The topological polar surface area (TPSA) is 105 Å². The number of para-hydroxylation sites is 1. The van der Waals surface area contributed by atoms with Gasteiger partial charge in [-0.2, -0.15) is 0 Å². The number of hydrogen-bond acceptors (Lipinski definition) is 6. The van der Waals surface area contributed by atoms with Gasteiger partial charge in [0.05, 0.1) is 12.2 Å². The Labute approximate surface area is 197 Å². The molecule has 9 heteroatoms. The summed E-state index contributed by atoms with van der Waals surface area (Å²) in [5.74, 6) is -0.227. The van der Waals surface area contributed by atoms with Crippen LogP contribution in [0.1, 0.15) is 35.5 Å². The number of amides is 3. The van der Waals surface area contributed by atoms with Crippen LogP contribution in [0, 0.1) is 0 Å². The zero-order valence-electron chi connectivity index (χ0n) is 19.1. The fraction of sp³-hybridized carbons (Fsp3) is 0.280. The van der Waals surface area contributed by atoms with Crippen molar-refractivity contribution in [2.24, 2.45) is 0 Å². The minimum absolute atomic E-state index is 0.0508. The van der Waals surface area contributed by atoms with E-state index in [0.29, 0.717) is 29.1 Å². The molecule has 2 heterocycles. The van der Waals surface area contributed by atoms with E-state index in [1.807, 2.05) is 36.4 Å². The van der Waals surface area contributed by atoms with E-state index >= 15 is 0 Å². The number of benzene rings is 2. The highest BCUT2D eigenvalue weighted by atomic mass is 16.6. The van der Waals surface area contributed by atoms with Crippen molar-refractivity contribution in [2.45, 2.75) is 19.4 Å². The molecule has 2 aromatic carbocycles. The molecule has 176 valence electrons. The van der Waals surface area contributed by atoms with Crippen LogP contribution in [0.2, 0.25) is 0 Å². The standard InChI is InChI=1S/C25H26N4O5/c1-3-26-25(32)34-20-15-29(14-13-21(30)28(2)19-12-8-7-11-18(19)20)24(31)22-23(33-16-27-22)17-9-5-4-6-10-17/h4-12,16,20H,3,13-15H2,1-2H3,(H,26,32). The second kappa shape index (κ2) is 10.2. The van der Waals surface area contributed by atoms with Crippen molar-refractivity contribution in [3.05, 3.63) is 72.2 Å². The molecule has 0 fully saturated rings. The minimum atomic E-state index is -0.799. The molecule has 1 aliphatic rings. The lowest BCUT2D eigenvalue weighted by Gasteiger charge is -2.27. The Kier molecular flexibility index (Phi) is 6.91. The maximum atomic E-state index is 13.6. The summed E-state index contributed by atoms with van der Waals surface area (Å²) in [6.45, 7) is 2.37. The van der Waals surface area contributed by atoms with Crippen molar-refractivity contribution >= 4 is 23.6 Å². The van der Waals surface area contributed by atoms with Gasteiger partial charge in [0, 0.05) is 37.7 Å². The van der Waals surface area contributed by atoms with Crippen molar-refractivity contribution in [3.8, 4) is 11.3 Å². The summed E-state index contributed by atoms with van der Waals surface area (Å²) in [6, 6.07) is 16.4. The zero-order chi connectivity index (χ0) is 24.1. The van der Waals surface area contributed by atoms with Crippen LogP contribution < -0.4 is 10.2 Å². The van der Waals surface area contributed by atoms with Crippen molar-refractivity contribution in [1.29, 1.82) is 0 Å². The lowest BCUT2D eigenvalue weighted by atomic mass is 10.1. The van der Waals surface area contributed by atoms with E-state index in [1.165, 1.54) is 16.2 Å². The van der Waals surface area contributed by atoms with Crippen molar-refractivity contribution < 1.29 is 23.5 Å². The fourth-order valence-corrected chi connectivity index (χ4v) is 3.93. The van der Waals surface area contributed by atoms with E-state index in [-0.39, 0.29) is 31.1 Å². The molecule has 9 nitrogen and oxygen atoms in total. The largest absolute Gasteiger partial charge is 0.443 e. The molecule has 0 spiro atoms. The zero-order valence-corrected chi connectivity index (χ0v) is 19.1. The Morgan fingerprint density at radius 3 is 2.65 bits per heavy atom. The third-order valence-corrected chi connectivity index (χ3v) is 5.66. The molecule has 1 aliphatic heterocycles. The van der Waals surface area contributed by atoms with Crippen LogP contribution >= 0.6 is 0 Å². The number of nitrogens with one attached hydrogen (secondary N) is 1. The van der Waals surface area contributed by atoms with Crippen LogP contribution in [-0.2, 0) is 9.53 Å². The summed E-state index contributed by atoms with van der Waals surface area (Å²) in [5.41, 5.74) is 2.11. The Bertz CT molecular complexity index is 1180. The number of carbonyl (C=O) groups is 3. The lowest BCUT2D eigenvalue weighted by Crippen LogP contribution is -2.38. The molecule has 1 unspecified atom stereocenters. The molecule has 3 amide bonds. The van der Waals surface area contributed by atoms with Crippen LogP contribution in [0.15, 0.2) is 65.4 Å². The molecule has 0 saturated heterocycles. The highest BCUT2D eigenvalue weighted by Crippen LogP contribution is 2.32. The number of carbonyl (C=O) groups excluding carboxylic acids is 3. The third-order valence-electron chi connectivity index (χ3n) is 5.66. The number of oxazole rings is 1. The maximum Gasteiger partial charge on any atom is 0.407 e. The van der Waals surface area contributed by atoms with E-state index in [0.717, 1.165) is 0 Å². The first-order valence-corrected chi connectivity index (χ1v) is 11.1. The average molecular weight is 463 g/mol. The molecular weight excluding hydrogens is 436 g/mol. The molecule has 1 aromatic heterocycles. The smallest absolute Gasteiger partial charge is 0.407 e. The second-order valence-electron chi connectivity index (χ2n) is 7.83. The lowest BCUT2D eigenvalue weighted by molar-refractivity contribution is -0.118. The number of fused-ring (bicyclic) bond motifs is 1. The highest BCUT2D eigenvalue weighted by molar-refractivity contribution is 5.99. The molecule has 1 atom stereocenters. The van der Waals surface area contributed by atoms with Crippen molar-refractivity contribution in [1.82, 2.24) is 15.2 Å². The van der Waals surface area contributed by atoms with Crippen LogP contribution in [0.3, 0.4) is 0 Å². The van der Waals surface area contributed by atoms with Gasteiger partial charge in [0.15, 0.2) is 17.8 Å². The second-order valence-corrected chi connectivity index (χ2v) is 7.83. The van der Waals surface area contributed by atoms with Gasteiger partial charge in [-0.3, -0.25) is 9.59 Å². The molecule has 3 aromatic rings. The maximum absolute atomic E-state index is 13.6. The average Bonchev–Trinajstić information content (AvgIpc) is 3.36. The quantitative estimate of drug-likeness (QED) is 0.635. The first-order valence-electron chi connectivity index (χ1n) is 11.1. The molecule has 34 heavy (non-hydrogen) atoms. The van der Waals surface area contributed by atoms with E-state index < -0.39 is 18.1 Å². The number of ether oxygens (including phenoxy) is 1. The van der Waals surface area contributed by atoms with Gasteiger partial charge >= 0.3 is 6.09 Å². The number of rotatable bonds is 4. The van der Waals surface area contributed by atoms with Gasteiger partial charge in [0.2, 0.25) is 5.91 Å². The molecule has 0 bridgehead atoms. The van der Waals surface area contributed by atoms with E-state index in [9.17, 15) is 14.4 Å². The predicted octanol–water partition coefficient (Wildman–Crippen LogP) is 3.64. The van der Waals surface area contributed by atoms with E-state index in [4.69, 9.17) is 9.15 Å². The molecule has 0 radical (unpaired) electrons. The summed E-state index contributed by atoms with van der Waals surface area (Å²) in [4.78, 5) is 46.0. The SMILES string of the molecule is CCNC(=O)OC1CN(C(=O)c2ncoc2-c2ccccc2)CCC(=O)N(C)c2ccccc21. The number of anilines is 1. The fourth-order valence-electron chi connectivity index (χ4n) is 3.93. The molecule has 1 N–H and O–H groups in total. The van der Waals surface area contributed by atoms with Crippen LogP contribution in [0.5, 0.6) is 0 Å². The van der Waals surface area contributed by atoms with E-state index in [2.05, 4.69) is 10.3 Å². The van der Waals surface area contributed by atoms with Crippen LogP contribution in [-0.4, -0.2) is 54.5 Å². The summed E-state index contributed by atoms with van der Waals surface area (Å²) < 4.78 is 11.3. The predicted molar refractivity (Wildman–Crippen MR) is 125 cm³/mol. The number of aromatic nitrogens is 1. The number of nitrogens with zero attached hydrogens (tertiary/aromatic N) is 3. The van der Waals surface area contributed by atoms with Gasteiger partial charge in [-0.05, 0) is 13.0 Å². The minimum Gasteiger partial charge on any atom is -0.443 e. The van der Waals surface area contributed by atoms with Crippen LogP contribution in [0.25, 0.3) is 11.3 Å². The molecule has 0 saturated carbocycles. The van der Waals surface area contributed by atoms with Gasteiger partial charge in [-0.25, -0.2) is 9.78 Å². The number of hydrogen-bond donors (Lipinski definition) is 1. The third kappa shape index (κ3) is 4.78. The normalized spacial score (nSPS) is 16.2. The summed E-state index contributed by atoms with van der Waals surface area (Å²) in [5, 5.41) is 2.63. The van der Waals surface area contributed by atoms with E-state index in [1.54, 1.807) is 32.2 Å². The Morgan fingerprint density at radius 2 is 1.88 bits per heavy atom. The Hall–Kier alpha value is -4.14. The Morgan fingerprint density at radius 1 is 1.15 bits per heavy atom. The van der Waals surface area contributed by atoms with Crippen molar-refractivity contribution in [3.63, 3.8) is 0 Å². The molecule has 4 rings (SSSR count). The first kappa shape index (κ1) is 23.0. The first-order chi connectivity index (χ1) is 16.5. The van der Waals surface area contributed by atoms with Gasteiger partial charge in [0.1, 0.15) is 6.10 Å². The van der Waals surface area contributed by atoms with Gasteiger partial charge in [-0.15, -0.1) is 0 Å². The Balaban J connectivity index is 1.71. The number of alkyl carbamates (subject to hydrolysis) is 1. The summed E-state index contributed by atoms with van der Waals surface area (Å²) in [6.07, 6.45) is -0.0763. The highest BCUT2D eigenvalue weighted by Gasteiger charge is 2.32. The van der Waals surface area contributed by atoms with Gasteiger partial charge in [0.25, 0.3) is 5.91 Å². The monoisotopic (exact) mass is 462 g/mol. The van der Waals surface area contributed by atoms with Crippen LogP contribution in [0.4, 0.5) is 10.5 Å². The summed E-state index contributed by atoms with van der Waals surface area (Å²) >= 11 is 0. The van der Waals surface area contributed by atoms with Crippen molar-refractivity contribution in [2.75, 3.05) is 31.6 Å². The molecule has 0 aliphatic carbocycles. The molecular formula is C25H26N4O5. The van der Waals surface area contributed by atoms with Gasteiger partial charge in [-0.1, -0.05) is 48.5 Å².